The highest BCUT2D eigenvalue weighted by Gasteiger charge is 2.14. The number of benzene rings is 2. The molecule has 0 fully saturated rings. The Morgan fingerprint density at radius 1 is 1.10 bits per heavy atom. The number of amides is 1. The van der Waals surface area contributed by atoms with E-state index in [0.717, 1.165) is 17.0 Å². The molecule has 2 rings (SSSR count). The van der Waals surface area contributed by atoms with Gasteiger partial charge in [-0.25, -0.2) is 0 Å². The van der Waals surface area contributed by atoms with E-state index in [-0.39, 0.29) is 5.91 Å². The Morgan fingerprint density at radius 2 is 1.76 bits per heavy atom. The molecule has 0 spiro atoms. The van der Waals surface area contributed by atoms with Crippen LogP contribution in [-0.4, -0.2) is 31.3 Å². The van der Waals surface area contributed by atoms with Gasteiger partial charge in [-0.1, -0.05) is 30.3 Å². The number of para-hydroxylation sites is 1. The molecule has 0 atom stereocenters. The molecular weight excluding hydrogens is 266 g/mol. The van der Waals surface area contributed by atoms with Crippen LogP contribution in [0.3, 0.4) is 0 Å². The third-order valence-corrected chi connectivity index (χ3v) is 3.29. The lowest BCUT2D eigenvalue weighted by Crippen LogP contribution is -2.34. The number of aliphatic hydroxyl groups is 1. The van der Waals surface area contributed by atoms with Gasteiger partial charge in [0.15, 0.2) is 0 Å². The summed E-state index contributed by atoms with van der Waals surface area (Å²) in [6.07, 6.45) is 0.713. The van der Waals surface area contributed by atoms with Gasteiger partial charge in [0, 0.05) is 12.2 Å². The third-order valence-electron chi connectivity index (χ3n) is 3.29. The summed E-state index contributed by atoms with van der Waals surface area (Å²) in [5.74, 6) is 0.514. The summed E-state index contributed by atoms with van der Waals surface area (Å²) in [7, 11) is 1.63. The summed E-state index contributed by atoms with van der Waals surface area (Å²) in [6.45, 7) is 0.0350. The Kier molecular flexibility index (Phi) is 5.35. The van der Waals surface area contributed by atoms with Gasteiger partial charge in [-0.15, -0.1) is 0 Å². The van der Waals surface area contributed by atoms with Crippen LogP contribution in [0.15, 0.2) is 54.6 Å². The lowest BCUT2D eigenvalue weighted by Gasteiger charge is -2.22. The Hall–Kier alpha value is -2.33. The first-order valence-electron chi connectivity index (χ1n) is 6.84. The van der Waals surface area contributed by atoms with E-state index in [1.54, 1.807) is 12.0 Å². The van der Waals surface area contributed by atoms with Gasteiger partial charge in [0.1, 0.15) is 12.4 Å². The van der Waals surface area contributed by atoms with Crippen molar-refractivity contribution in [2.24, 2.45) is 0 Å². The van der Waals surface area contributed by atoms with Gasteiger partial charge in [-0.3, -0.25) is 4.79 Å². The Morgan fingerprint density at radius 3 is 2.33 bits per heavy atom. The molecule has 0 saturated carbocycles. The van der Waals surface area contributed by atoms with Crippen LogP contribution in [0.4, 0.5) is 5.69 Å². The van der Waals surface area contributed by atoms with Crippen LogP contribution in [-0.2, 0) is 11.2 Å². The molecule has 4 heteroatoms. The summed E-state index contributed by atoms with van der Waals surface area (Å²) in [4.78, 5) is 13.5. The van der Waals surface area contributed by atoms with E-state index in [2.05, 4.69) is 0 Å². The van der Waals surface area contributed by atoms with Gasteiger partial charge in [-0.2, -0.15) is 0 Å². The predicted octanol–water partition coefficient (Wildman–Crippen LogP) is 2.26. The van der Waals surface area contributed by atoms with E-state index in [9.17, 15) is 4.79 Å². The van der Waals surface area contributed by atoms with Crippen molar-refractivity contribution in [3.05, 3.63) is 60.2 Å². The maximum atomic E-state index is 11.9. The summed E-state index contributed by atoms with van der Waals surface area (Å²) in [5.41, 5.74) is 1.91. The molecule has 0 aliphatic carbocycles. The second-order valence-electron chi connectivity index (χ2n) is 4.64. The van der Waals surface area contributed by atoms with Crippen LogP contribution in [0.1, 0.15) is 5.56 Å². The molecule has 0 aliphatic rings. The quantitative estimate of drug-likeness (QED) is 0.885. The molecule has 0 heterocycles. The van der Waals surface area contributed by atoms with Crippen LogP contribution < -0.4 is 9.64 Å². The number of rotatable bonds is 6. The van der Waals surface area contributed by atoms with Crippen LogP contribution in [0.5, 0.6) is 5.75 Å². The van der Waals surface area contributed by atoms with Crippen molar-refractivity contribution in [1.29, 1.82) is 0 Å². The number of hydrogen-bond acceptors (Lipinski definition) is 3. The highest BCUT2D eigenvalue weighted by molar-refractivity contribution is 5.94. The van der Waals surface area contributed by atoms with E-state index in [4.69, 9.17) is 9.84 Å². The van der Waals surface area contributed by atoms with Crippen molar-refractivity contribution < 1.29 is 14.6 Å². The summed E-state index contributed by atoms with van der Waals surface area (Å²) in [6, 6.07) is 17.1. The Balaban J connectivity index is 2.07. The van der Waals surface area contributed by atoms with Crippen LogP contribution in [0, 0.1) is 0 Å². The van der Waals surface area contributed by atoms with Crippen molar-refractivity contribution in [3.8, 4) is 5.75 Å². The molecular formula is C17H19NO3. The zero-order valence-corrected chi connectivity index (χ0v) is 12.0. The van der Waals surface area contributed by atoms with Crippen molar-refractivity contribution in [2.45, 2.75) is 6.42 Å². The minimum Gasteiger partial charge on any atom is -0.497 e. The molecule has 0 unspecified atom stereocenters. The molecule has 0 aromatic heterocycles. The summed E-state index contributed by atoms with van der Waals surface area (Å²) in [5, 5.41) is 9.12. The number of hydrogen-bond donors (Lipinski definition) is 1. The normalized spacial score (nSPS) is 10.2. The van der Waals surface area contributed by atoms with Gasteiger partial charge in [0.25, 0.3) is 5.91 Å². The van der Waals surface area contributed by atoms with Crippen molar-refractivity contribution in [1.82, 2.24) is 0 Å². The number of carbonyl (C=O) groups excluding carboxylic acids is 1. The number of nitrogens with zero attached hydrogens (tertiary/aromatic N) is 1. The first kappa shape index (κ1) is 15.1. The largest absolute Gasteiger partial charge is 0.497 e. The predicted molar refractivity (Wildman–Crippen MR) is 82.6 cm³/mol. The van der Waals surface area contributed by atoms with E-state index in [1.807, 2.05) is 54.6 Å². The summed E-state index contributed by atoms with van der Waals surface area (Å²) >= 11 is 0. The number of aliphatic hydroxyl groups excluding tert-OH is 1. The number of carbonyl (C=O) groups is 1. The average molecular weight is 285 g/mol. The second-order valence-corrected chi connectivity index (χ2v) is 4.64. The molecule has 0 saturated heterocycles. The van der Waals surface area contributed by atoms with E-state index < -0.39 is 6.61 Å². The standard InChI is InChI=1S/C17H19NO3/c1-21-16-9-7-14(8-10-16)11-12-18(17(20)13-19)15-5-3-2-4-6-15/h2-10,19H,11-13H2,1H3. The highest BCUT2D eigenvalue weighted by atomic mass is 16.5. The zero-order valence-electron chi connectivity index (χ0n) is 12.0. The minimum atomic E-state index is -0.489. The van der Waals surface area contributed by atoms with E-state index >= 15 is 0 Å². The van der Waals surface area contributed by atoms with Gasteiger partial charge in [0.05, 0.1) is 7.11 Å². The molecule has 0 radical (unpaired) electrons. The highest BCUT2D eigenvalue weighted by Crippen LogP contribution is 2.16. The van der Waals surface area contributed by atoms with Gasteiger partial charge in [-0.05, 0) is 36.2 Å². The first-order valence-corrected chi connectivity index (χ1v) is 6.84. The molecule has 0 aliphatic heterocycles. The zero-order chi connectivity index (χ0) is 15.1. The Bertz CT molecular complexity index is 566. The summed E-state index contributed by atoms with van der Waals surface area (Å²) < 4.78 is 5.12. The van der Waals surface area contributed by atoms with Crippen molar-refractivity contribution in [2.75, 3.05) is 25.2 Å². The van der Waals surface area contributed by atoms with Crippen LogP contribution in [0.25, 0.3) is 0 Å². The van der Waals surface area contributed by atoms with Gasteiger partial charge >= 0.3 is 0 Å². The monoisotopic (exact) mass is 285 g/mol. The maximum Gasteiger partial charge on any atom is 0.252 e. The molecule has 21 heavy (non-hydrogen) atoms. The maximum absolute atomic E-state index is 11.9. The smallest absolute Gasteiger partial charge is 0.252 e. The molecule has 110 valence electrons. The van der Waals surface area contributed by atoms with Crippen molar-refractivity contribution >= 4 is 11.6 Å². The van der Waals surface area contributed by atoms with Gasteiger partial charge < -0.3 is 14.7 Å². The number of anilines is 1. The van der Waals surface area contributed by atoms with Crippen molar-refractivity contribution in [3.63, 3.8) is 0 Å². The Labute approximate surface area is 124 Å². The fourth-order valence-corrected chi connectivity index (χ4v) is 2.12. The first-order chi connectivity index (χ1) is 10.2. The SMILES string of the molecule is COc1ccc(CCN(C(=O)CO)c2ccccc2)cc1. The fraction of sp³-hybridized carbons (Fsp3) is 0.235. The molecule has 4 nitrogen and oxygen atoms in total. The molecule has 2 aromatic rings. The minimum absolute atomic E-state index is 0.297. The van der Waals surface area contributed by atoms with Crippen LogP contribution in [0.2, 0.25) is 0 Å². The molecule has 2 aromatic carbocycles. The molecule has 1 amide bonds. The molecule has 1 N–H and O–H groups in total. The lowest BCUT2D eigenvalue weighted by molar-refractivity contribution is -0.121. The molecule has 0 bridgehead atoms. The third kappa shape index (κ3) is 4.07. The van der Waals surface area contributed by atoms with Crippen LogP contribution >= 0.6 is 0 Å². The lowest BCUT2D eigenvalue weighted by atomic mass is 10.1. The van der Waals surface area contributed by atoms with E-state index in [1.165, 1.54) is 0 Å². The van der Waals surface area contributed by atoms with Gasteiger partial charge in [0.2, 0.25) is 0 Å². The fourth-order valence-electron chi connectivity index (χ4n) is 2.12. The number of ether oxygens (including phenoxy) is 1. The topological polar surface area (TPSA) is 49.8 Å². The van der Waals surface area contributed by atoms with E-state index in [0.29, 0.717) is 13.0 Å². The average Bonchev–Trinajstić information content (AvgIpc) is 2.56. The second kappa shape index (κ2) is 7.45. The number of methoxy groups -OCH3 is 1.